The first-order valence-electron chi connectivity index (χ1n) is 7.83. The molecule has 0 aliphatic heterocycles. The second kappa shape index (κ2) is 10.7. The molecule has 9 heteroatoms. The summed E-state index contributed by atoms with van der Waals surface area (Å²) in [5.74, 6) is -2.68. The molecule has 144 valence electrons. The van der Waals surface area contributed by atoms with Gasteiger partial charge in [0.2, 0.25) is 0 Å². The van der Waals surface area contributed by atoms with Crippen molar-refractivity contribution in [3.8, 4) is 5.75 Å². The van der Waals surface area contributed by atoms with Gasteiger partial charge < -0.3 is 19.5 Å². The molecule has 1 unspecified atom stereocenters. The molecule has 1 aromatic carbocycles. The molecule has 1 rings (SSSR count). The van der Waals surface area contributed by atoms with Gasteiger partial charge in [-0.3, -0.25) is 4.79 Å². The van der Waals surface area contributed by atoms with Crippen LogP contribution in [0.4, 0.5) is 4.39 Å². The summed E-state index contributed by atoms with van der Waals surface area (Å²) < 4.78 is 28.5. The first kappa shape index (κ1) is 21.9. The van der Waals surface area contributed by atoms with Crippen molar-refractivity contribution in [3.63, 3.8) is 0 Å². The Kier molecular flexibility index (Phi) is 9.04. The predicted molar refractivity (Wildman–Crippen MR) is 94.0 cm³/mol. The first-order chi connectivity index (χ1) is 12.2. The molecule has 0 aromatic heterocycles. The molecule has 0 bridgehead atoms. The number of halogens is 2. The number of carbonyl (C=O) groups is 3. The zero-order chi connectivity index (χ0) is 19.7. The Morgan fingerprint density at radius 2 is 1.92 bits per heavy atom. The van der Waals surface area contributed by atoms with Gasteiger partial charge >= 0.3 is 11.9 Å². The Morgan fingerprint density at radius 1 is 1.23 bits per heavy atom. The average Bonchev–Trinajstić information content (AvgIpc) is 2.57. The predicted octanol–water partition coefficient (Wildman–Crippen LogP) is 2.21. The van der Waals surface area contributed by atoms with Crippen LogP contribution in [0.3, 0.4) is 0 Å². The van der Waals surface area contributed by atoms with Crippen molar-refractivity contribution in [2.75, 3.05) is 20.3 Å². The Bertz CT molecular complexity index is 652. The van der Waals surface area contributed by atoms with Crippen molar-refractivity contribution in [2.24, 2.45) is 5.92 Å². The highest BCUT2D eigenvalue weighted by atomic mass is 79.9. The topological polar surface area (TPSA) is 90.9 Å². The molecular weight excluding hydrogens is 413 g/mol. The van der Waals surface area contributed by atoms with E-state index in [1.54, 1.807) is 6.07 Å². The van der Waals surface area contributed by atoms with Crippen LogP contribution < -0.4 is 10.1 Å². The van der Waals surface area contributed by atoms with E-state index >= 15 is 0 Å². The highest BCUT2D eigenvalue weighted by Gasteiger charge is 2.23. The molecule has 0 saturated carbocycles. The summed E-state index contributed by atoms with van der Waals surface area (Å²) in [6.07, 6.45) is 0.387. The van der Waals surface area contributed by atoms with Crippen molar-refractivity contribution in [3.05, 3.63) is 28.5 Å². The molecule has 1 amide bonds. The zero-order valence-corrected chi connectivity index (χ0v) is 16.3. The maximum absolute atomic E-state index is 13.6. The normalized spacial score (nSPS) is 11.6. The highest BCUT2D eigenvalue weighted by Crippen LogP contribution is 2.21. The fourth-order valence-electron chi connectivity index (χ4n) is 1.98. The lowest BCUT2D eigenvalue weighted by molar-refractivity contribution is -0.152. The molecule has 0 heterocycles. The van der Waals surface area contributed by atoms with E-state index in [2.05, 4.69) is 26.0 Å². The van der Waals surface area contributed by atoms with Gasteiger partial charge in [0.05, 0.1) is 7.11 Å². The van der Waals surface area contributed by atoms with Gasteiger partial charge in [-0.25, -0.2) is 14.0 Å². The molecule has 0 radical (unpaired) electrons. The third kappa shape index (κ3) is 7.81. The lowest BCUT2D eigenvalue weighted by Gasteiger charge is -2.18. The fourth-order valence-corrected chi connectivity index (χ4v) is 2.31. The van der Waals surface area contributed by atoms with E-state index in [-0.39, 0.29) is 11.7 Å². The number of hydrogen-bond donors (Lipinski definition) is 1. The minimum absolute atomic E-state index is 0.114. The van der Waals surface area contributed by atoms with Crippen LogP contribution in [-0.2, 0) is 23.9 Å². The van der Waals surface area contributed by atoms with Gasteiger partial charge in [0.25, 0.3) is 5.91 Å². The average molecular weight is 434 g/mol. The second-order valence-corrected chi connectivity index (χ2v) is 6.71. The van der Waals surface area contributed by atoms with E-state index in [0.29, 0.717) is 10.9 Å². The Hall–Kier alpha value is -2.16. The minimum atomic E-state index is -0.846. The van der Waals surface area contributed by atoms with E-state index in [9.17, 15) is 18.8 Å². The van der Waals surface area contributed by atoms with E-state index in [0.717, 1.165) is 0 Å². The van der Waals surface area contributed by atoms with Gasteiger partial charge in [-0.05, 0) is 30.5 Å². The Balaban J connectivity index is 2.42. The monoisotopic (exact) mass is 433 g/mol. The molecular formula is C17H21BrFNO6. The van der Waals surface area contributed by atoms with Crippen molar-refractivity contribution in [1.82, 2.24) is 5.32 Å². The van der Waals surface area contributed by atoms with Crippen molar-refractivity contribution in [2.45, 2.75) is 26.3 Å². The van der Waals surface area contributed by atoms with Crippen LogP contribution in [0.2, 0.25) is 0 Å². The SMILES string of the molecule is COC(=O)C(CC(C)C)NC(=O)COC(=O)COc1ccc(Br)cc1F. The zero-order valence-electron chi connectivity index (χ0n) is 14.7. The molecule has 1 atom stereocenters. The lowest BCUT2D eigenvalue weighted by atomic mass is 10.0. The molecule has 0 aliphatic rings. The summed E-state index contributed by atoms with van der Waals surface area (Å²) in [6.45, 7) is 2.64. The minimum Gasteiger partial charge on any atom is -0.479 e. The van der Waals surface area contributed by atoms with Crippen LogP contribution in [0.15, 0.2) is 22.7 Å². The number of amides is 1. The number of benzene rings is 1. The lowest BCUT2D eigenvalue weighted by Crippen LogP contribution is -2.44. The van der Waals surface area contributed by atoms with E-state index < -0.39 is 42.9 Å². The van der Waals surface area contributed by atoms with Crippen LogP contribution in [-0.4, -0.2) is 44.2 Å². The second-order valence-electron chi connectivity index (χ2n) is 5.80. The summed E-state index contributed by atoms with van der Waals surface area (Å²) >= 11 is 3.10. The van der Waals surface area contributed by atoms with Gasteiger partial charge in [-0.1, -0.05) is 29.8 Å². The Labute approximate surface area is 159 Å². The summed E-state index contributed by atoms with van der Waals surface area (Å²) in [5.41, 5.74) is 0. The van der Waals surface area contributed by atoms with E-state index in [1.165, 1.54) is 19.2 Å². The number of ether oxygens (including phenoxy) is 3. The van der Waals surface area contributed by atoms with Crippen molar-refractivity contribution < 1.29 is 33.0 Å². The molecule has 0 fully saturated rings. The maximum Gasteiger partial charge on any atom is 0.344 e. The number of esters is 2. The largest absolute Gasteiger partial charge is 0.479 e. The van der Waals surface area contributed by atoms with Gasteiger partial charge in [0, 0.05) is 4.47 Å². The first-order valence-corrected chi connectivity index (χ1v) is 8.62. The van der Waals surface area contributed by atoms with Crippen molar-refractivity contribution >= 4 is 33.8 Å². The smallest absolute Gasteiger partial charge is 0.344 e. The van der Waals surface area contributed by atoms with Crippen LogP contribution in [0.25, 0.3) is 0 Å². The molecule has 0 aliphatic carbocycles. The van der Waals surface area contributed by atoms with Crippen LogP contribution in [0.1, 0.15) is 20.3 Å². The third-order valence-electron chi connectivity index (χ3n) is 3.13. The maximum atomic E-state index is 13.6. The van der Waals surface area contributed by atoms with Gasteiger partial charge in [-0.15, -0.1) is 0 Å². The molecule has 26 heavy (non-hydrogen) atoms. The number of rotatable bonds is 9. The van der Waals surface area contributed by atoms with E-state index in [4.69, 9.17) is 9.47 Å². The van der Waals surface area contributed by atoms with E-state index in [1.807, 2.05) is 13.8 Å². The van der Waals surface area contributed by atoms with Crippen LogP contribution >= 0.6 is 15.9 Å². The number of nitrogens with one attached hydrogen (secondary N) is 1. The quantitative estimate of drug-likeness (QED) is 0.600. The van der Waals surface area contributed by atoms with Gasteiger partial charge in [0.15, 0.2) is 24.8 Å². The van der Waals surface area contributed by atoms with Gasteiger partial charge in [-0.2, -0.15) is 0 Å². The molecule has 0 saturated heterocycles. The standard InChI is InChI=1S/C17H21BrFNO6/c1-10(2)6-13(17(23)24-3)20-15(21)8-26-16(22)9-25-14-5-4-11(18)7-12(14)19/h4-5,7,10,13H,6,8-9H2,1-3H3,(H,20,21). The highest BCUT2D eigenvalue weighted by molar-refractivity contribution is 9.10. The summed E-state index contributed by atoms with van der Waals surface area (Å²) in [7, 11) is 1.22. The summed E-state index contributed by atoms with van der Waals surface area (Å²) in [4.78, 5) is 35.1. The Morgan fingerprint density at radius 3 is 2.50 bits per heavy atom. The molecule has 0 spiro atoms. The third-order valence-corrected chi connectivity index (χ3v) is 3.62. The number of methoxy groups -OCH3 is 1. The van der Waals surface area contributed by atoms with Crippen LogP contribution in [0.5, 0.6) is 5.75 Å². The number of hydrogen-bond acceptors (Lipinski definition) is 6. The van der Waals surface area contributed by atoms with Crippen molar-refractivity contribution in [1.29, 1.82) is 0 Å². The van der Waals surface area contributed by atoms with Crippen LogP contribution in [0, 0.1) is 11.7 Å². The summed E-state index contributed by atoms with van der Waals surface area (Å²) in [5, 5.41) is 2.45. The molecule has 1 aromatic rings. The number of carbonyl (C=O) groups excluding carboxylic acids is 3. The molecule has 1 N–H and O–H groups in total. The van der Waals surface area contributed by atoms with Gasteiger partial charge in [0.1, 0.15) is 6.04 Å². The fraction of sp³-hybridized carbons (Fsp3) is 0.471. The summed E-state index contributed by atoms with van der Waals surface area (Å²) in [6, 6.07) is 3.28. The molecule has 7 nitrogen and oxygen atoms in total.